The summed E-state index contributed by atoms with van der Waals surface area (Å²) >= 11 is 0. The molecule has 0 aliphatic carbocycles. The summed E-state index contributed by atoms with van der Waals surface area (Å²) in [6, 6.07) is 6.51. The zero-order chi connectivity index (χ0) is 20.7. The van der Waals surface area contributed by atoms with E-state index >= 15 is 0 Å². The molecule has 1 heterocycles. The van der Waals surface area contributed by atoms with E-state index in [0.717, 1.165) is 5.56 Å². The van der Waals surface area contributed by atoms with Crippen molar-refractivity contribution >= 4 is 17.9 Å². The fourth-order valence-electron chi connectivity index (χ4n) is 2.94. The lowest BCUT2D eigenvalue weighted by atomic mass is 10.1. The van der Waals surface area contributed by atoms with Crippen molar-refractivity contribution in [1.29, 1.82) is 0 Å². The van der Waals surface area contributed by atoms with Gasteiger partial charge in [0.15, 0.2) is 6.61 Å². The summed E-state index contributed by atoms with van der Waals surface area (Å²) in [5, 5.41) is 5.47. The third-order valence-electron chi connectivity index (χ3n) is 4.16. The van der Waals surface area contributed by atoms with Gasteiger partial charge in [-0.05, 0) is 45.4 Å². The average molecular weight is 391 g/mol. The van der Waals surface area contributed by atoms with Crippen molar-refractivity contribution in [3.05, 3.63) is 35.4 Å². The molecule has 1 aliphatic rings. The molecule has 28 heavy (non-hydrogen) atoms. The summed E-state index contributed by atoms with van der Waals surface area (Å²) < 4.78 is 10.7. The number of hydrogen-bond acceptors (Lipinski definition) is 5. The molecule has 1 fully saturated rings. The van der Waals surface area contributed by atoms with Crippen LogP contribution in [0.5, 0.6) is 0 Å². The third-order valence-corrected chi connectivity index (χ3v) is 4.16. The van der Waals surface area contributed by atoms with E-state index in [0.29, 0.717) is 25.2 Å². The fourth-order valence-corrected chi connectivity index (χ4v) is 2.94. The quantitative estimate of drug-likeness (QED) is 0.720. The molecule has 1 aromatic carbocycles. The third kappa shape index (κ3) is 6.84. The van der Waals surface area contributed by atoms with Crippen LogP contribution in [-0.2, 0) is 20.8 Å². The van der Waals surface area contributed by atoms with Crippen LogP contribution in [0.1, 0.15) is 43.6 Å². The van der Waals surface area contributed by atoms with Crippen molar-refractivity contribution in [3.8, 4) is 0 Å². The van der Waals surface area contributed by atoms with Gasteiger partial charge >= 0.3 is 12.0 Å². The van der Waals surface area contributed by atoms with Gasteiger partial charge in [-0.3, -0.25) is 4.79 Å². The number of benzene rings is 1. The van der Waals surface area contributed by atoms with Crippen molar-refractivity contribution in [2.75, 3.05) is 19.7 Å². The number of nitrogens with zero attached hydrogens (tertiary/aromatic N) is 1. The number of amides is 3. The molecule has 0 spiro atoms. The van der Waals surface area contributed by atoms with Gasteiger partial charge in [-0.25, -0.2) is 9.59 Å². The van der Waals surface area contributed by atoms with Crippen LogP contribution in [0.2, 0.25) is 0 Å². The second-order valence-corrected chi connectivity index (χ2v) is 7.31. The number of esters is 1. The smallest absolute Gasteiger partial charge is 0.338 e. The highest BCUT2D eigenvalue weighted by atomic mass is 16.5. The minimum Gasteiger partial charge on any atom is -0.452 e. The highest BCUT2D eigenvalue weighted by molar-refractivity contribution is 5.91. The summed E-state index contributed by atoms with van der Waals surface area (Å²) in [6.45, 7) is 8.61. The lowest BCUT2D eigenvalue weighted by molar-refractivity contribution is -0.146. The molecule has 2 atom stereocenters. The molecule has 1 aromatic rings. The van der Waals surface area contributed by atoms with Gasteiger partial charge in [0.1, 0.15) is 0 Å². The molecular weight excluding hydrogens is 362 g/mol. The van der Waals surface area contributed by atoms with Crippen LogP contribution in [0.3, 0.4) is 0 Å². The molecule has 154 valence electrons. The molecule has 8 heteroatoms. The van der Waals surface area contributed by atoms with Crippen LogP contribution in [0.15, 0.2) is 24.3 Å². The normalized spacial score (nSPS) is 19.2. The Hall–Kier alpha value is -2.61. The van der Waals surface area contributed by atoms with Gasteiger partial charge < -0.3 is 25.0 Å². The lowest BCUT2D eigenvalue weighted by Gasteiger charge is -2.35. The van der Waals surface area contributed by atoms with Crippen molar-refractivity contribution in [1.82, 2.24) is 15.5 Å². The number of carbonyl (C=O) groups excluding carboxylic acids is 3. The number of hydrogen-bond donors (Lipinski definition) is 2. The Morgan fingerprint density at radius 1 is 1.14 bits per heavy atom. The summed E-state index contributed by atoms with van der Waals surface area (Å²) in [5.41, 5.74) is 1.20. The highest BCUT2D eigenvalue weighted by Gasteiger charge is 2.26. The maximum atomic E-state index is 12.3. The Balaban J connectivity index is 1.79. The predicted octanol–water partition coefficient (Wildman–Crippen LogP) is 1.69. The van der Waals surface area contributed by atoms with Gasteiger partial charge in [-0.2, -0.15) is 0 Å². The molecule has 0 aromatic heterocycles. The first kappa shape index (κ1) is 21.7. The van der Waals surface area contributed by atoms with Crippen LogP contribution >= 0.6 is 0 Å². The molecule has 2 rings (SSSR count). The number of ether oxygens (including phenoxy) is 2. The van der Waals surface area contributed by atoms with Crippen LogP contribution < -0.4 is 10.6 Å². The molecule has 8 nitrogen and oxygen atoms in total. The van der Waals surface area contributed by atoms with Crippen LogP contribution in [-0.4, -0.2) is 60.8 Å². The molecule has 3 amide bonds. The minimum atomic E-state index is -0.556. The highest BCUT2D eigenvalue weighted by Crippen LogP contribution is 2.11. The molecule has 0 saturated carbocycles. The maximum Gasteiger partial charge on any atom is 0.338 e. The number of nitrogens with one attached hydrogen (secondary N) is 2. The standard InChI is InChI=1S/C20H29N3O5/c1-13(2)22-20(26)21-9-16-5-7-17(8-6-16)19(25)27-12-18(24)23-10-14(3)28-15(4)11-23/h5-8,13-15H,9-12H2,1-4H3,(H2,21,22,26)/t14-,15+. The van der Waals surface area contributed by atoms with E-state index in [4.69, 9.17) is 9.47 Å². The van der Waals surface area contributed by atoms with E-state index in [9.17, 15) is 14.4 Å². The maximum absolute atomic E-state index is 12.3. The Morgan fingerprint density at radius 3 is 2.32 bits per heavy atom. The summed E-state index contributed by atoms with van der Waals surface area (Å²) in [7, 11) is 0. The Bertz CT molecular complexity index is 680. The summed E-state index contributed by atoms with van der Waals surface area (Å²) in [6.07, 6.45) is -0.0700. The fraction of sp³-hybridized carbons (Fsp3) is 0.550. The number of morpholine rings is 1. The second kappa shape index (κ2) is 10.1. The van der Waals surface area contributed by atoms with E-state index in [1.54, 1.807) is 29.2 Å². The topological polar surface area (TPSA) is 97.0 Å². The zero-order valence-electron chi connectivity index (χ0n) is 16.9. The number of urea groups is 1. The Kier molecular flexibility index (Phi) is 7.80. The second-order valence-electron chi connectivity index (χ2n) is 7.31. The van der Waals surface area contributed by atoms with E-state index in [2.05, 4.69) is 10.6 Å². The molecule has 0 bridgehead atoms. The summed E-state index contributed by atoms with van der Waals surface area (Å²) in [4.78, 5) is 37.7. The van der Waals surface area contributed by atoms with Crippen LogP contribution in [0.25, 0.3) is 0 Å². The number of rotatable bonds is 6. The van der Waals surface area contributed by atoms with Crippen LogP contribution in [0, 0.1) is 0 Å². The van der Waals surface area contributed by atoms with Crippen LogP contribution in [0.4, 0.5) is 4.79 Å². The molecule has 1 saturated heterocycles. The van der Waals surface area contributed by atoms with E-state index in [1.807, 2.05) is 27.7 Å². The van der Waals surface area contributed by atoms with E-state index in [-0.39, 0.29) is 36.8 Å². The Morgan fingerprint density at radius 2 is 1.75 bits per heavy atom. The summed E-state index contributed by atoms with van der Waals surface area (Å²) in [5.74, 6) is -0.785. The van der Waals surface area contributed by atoms with Gasteiger partial charge in [0.25, 0.3) is 5.91 Å². The SMILES string of the molecule is CC(C)NC(=O)NCc1ccc(C(=O)OCC(=O)N2C[C@@H](C)O[C@@H](C)C2)cc1. The van der Waals surface area contributed by atoms with Crippen molar-refractivity contribution in [2.45, 2.75) is 52.5 Å². The lowest BCUT2D eigenvalue weighted by Crippen LogP contribution is -2.49. The van der Waals surface area contributed by atoms with E-state index in [1.165, 1.54) is 0 Å². The largest absolute Gasteiger partial charge is 0.452 e. The molecule has 0 radical (unpaired) electrons. The monoisotopic (exact) mass is 391 g/mol. The number of carbonyl (C=O) groups is 3. The first-order valence-corrected chi connectivity index (χ1v) is 9.48. The average Bonchev–Trinajstić information content (AvgIpc) is 2.63. The van der Waals surface area contributed by atoms with Gasteiger partial charge in [-0.15, -0.1) is 0 Å². The minimum absolute atomic E-state index is 0.0350. The molecule has 0 unspecified atom stereocenters. The first-order valence-electron chi connectivity index (χ1n) is 9.48. The van der Waals surface area contributed by atoms with Gasteiger partial charge in [0.2, 0.25) is 0 Å². The van der Waals surface area contributed by atoms with Gasteiger partial charge in [0.05, 0.1) is 17.8 Å². The van der Waals surface area contributed by atoms with Gasteiger partial charge in [-0.1, -0.05) is 12.1 Å². The van der Waals surface area contributed by atoms with Gasteiger partial charge in [0, 0.05) is 25.7 Å². The Labute approximate surface area is 165 Å². The van der Waals surface area contributed by atoms with Crippen molar-refractivity contribution in [2.24, 2.45) is 0 Å². The molecule has 2 N–H and O–H groups in total. The first-order chi connectivity index (χ1) is 13.2. The zero-order valence-corrected chi connectivity index (χ0v) is 16.9. The molecule has 1 aliphatic heterocycles. The molecular formula is C20H29N3O5. The van der Waals surface area contributed by atoms with E-state index < -0.39 is 5.97 Å². The van der Waals surface area contributed by atoms with Crippen molar-refractivity contribution in [3.63, 3.8) is 0 Å². The predicted molar refractivity (Wildman–Crippen MR) is 104 cm³/mol. The van der Waals surface area contributed by atoms with Crippen molar-refractivity contribution < 1.29 is 23.9 Å².